The van der Waals surface area contributed by atoms with Gasteiger partial charge >= 0.3 is 11.9 Å². The third-order valence-electron chi connectivity index (χ3n) is 12.1. The molecule has 0 radical (unpaired) electrons. The number of rotatable bonds is 8. The molecule has 4 fully saturated rings. The van der Waals surface area contributed by atoms with Gasteiger partial charge < -0.3 is 14.2 Å². The summed E-state index contributed by atoms with van der Waals surface area (Å²) in [6.07, 6.45) is 10.9. The molecular weight excluding hydrogens is 568 g/mol. The highest BCUT2D eigenvalue weighted by Crippen LogP contribution is 2.69. The molecule has 5 rings (SSSR count). The van der Waals surface area contributed by atoms with Gasteiger partial charge in [0.2, 0.25) is 0 Å². The Morgan fingerprint density at radius 3 is 2.40 bits per heavy atom. The Kier molecular flexibility index (Phi) is 9.07. The normalized spacial score (nSPS) is 39.4. The fourth-order valence-corrected chi connectivity index (χ4v) is 10.3. The number of hydrogen-bond acceptors (Lipinski definition) is 5. The predicted molar refractivity (Wildman–Crippen MR) is 159 cm³/mol. The van der Waals surface area contributed by atoms with Gasteiger partial charge in [-0.2, -0.15) is 0 Å². The lowest BCUT2D eigenvalue weighted by Gasteiger charge is -2.63. The van der Waals surface area contributed by atoms with Crippen LogP contribution in [-0.2, 0) is 30.4 Å². The minimum absolute atomic E-state index is 0.0413. The quantitative estimate of drug-likeness (QED) is 0.276. The molecule has 0 aliphatic heterocycles. The van der Waals surface area contributed by atoms with Gasteiger partial charge in [-0.25, -0.2) is 0 Å². The highest BCUT2D eigenvalue weighted by atomic mass is 79.9. The Morgan fingerprint density at radius 2 is 1.70 bits per heavy atom. The molecule has 4 saturated carbocycles. The maximum atomic E-state index is 11.9. The van der Waals surface area contributed by atoms with Crippen LogP contribution in [-0.4, -0.2) is 31.3 Å². The fourth-order valence-electron chi connectivity index (χ4n) is 10.1. The molecule has 0 aromatic heterocycles. The topological polar surface area (TPSA) is 61.8 Å². The number of esters is 2. The molecule has 40 heavy (non-hydrogen) atoms. The van der Waals surface area contributed by atoms with Crippen molar-refractivity contribution in [3.05, 3.63) is 34.3 Å². The summed E-state index contributed by atoms with van der Waals surface area (Å²) in [6, 6.07) is 8.51. The summed E-state index contributed by atoms with van der Waals surface area (Å²) in [5, 5.41) is 0. The molecule has 10 atom stereocenters. The summed E-state index contributed by atoms with van der Waals surface area (Å²) >= 11 is 3.56. The van der Waals surface area contributed by atoms with E-state index in [1.54, 1.807) is 6.92 Å². The van der Waals surface area contributed by atoms with Gasteiger partial charge in [0, 0.05) is 17.8 Å². The first-order valence-electron chi connectivity index (χ1n) is 15.6. The van der Waals surface area contributed by atoms with Crippen LogP contribution in [0.5, 0.6) is 0 Å². The Morgan fingerprint density at radius 1 is 1.00 bits per heavy atom. The largest absolute Gasteiger partial charge is 0.469 e. The van der Waals surface area contributed by atoms with Gasteiger partial charge in [0.25, 0.3) is 0 Å². The molecule has 4 aliphatic carbocycles. The van der Waals surface area contributed by atoms with Crippen LogP contribution in [0.2, 0.25) is 0 Å². The molecule has 222 valence electrons. The van der Waals surface area contributed by atoms with Crippen LogP contribution < -0.4 is 0 Å². The third-order valence-corrected chi connectivity index (χ3v) is 12.6. The van der Waals surface area contributed by atoms with Gasteiger partial charge in [-0.15, -0.1) is 0 Å². The molecule has 1 aromatic rings. The van der Waals surface area contributed by atoms with Crippen molar-refractivity contribution < 1.29 is 23.8 Å². The van der Waals surface area contributed by atoms with Gasteiger partial charge in [-0.1, -0.05) is 48.8 Å². The average Bonchev–Trinajstić information content (AvgIpc) is 3.28. The average molecular weight is 618 g/mol. The van der Waals surface area contributed by atoms with Crippen molar-refractivity contribution in [2.24, 2.45) is 46.3 Å². The van der Waals surface area contributed by atoms with Crippen molar-refractivity contribution in [1.29, 1.82) is 0 Å². The van der Waals surface area contributed by atoms with E-state index in [2.05, 4.69) is 61.0 Å². The summed E-state index contributed by atoms with van der Waals surface area (Å²) in [6.45, 7) is 9.67. The number of carbonyl (C=O) groups is 2. The Hall–Kier alpha value is -1.40. The maximum absolute atomic E-state index is 11.9. The van der Waals surface area contributed by atoms with E-state index in [0.717, 1.165) is 36.6 Å². The molecule has 1 aromatic carbocycles. The summed E-state index contributed by atoms with van der Waals surface area (Å²) in [7, 11) is 1.49. The van der Waals surface area contributed by atoms with Crippen molar-refractivity contribution in [3.63, 3.8) is 0 Å². The standard InChI is InChI=1S/C34H49BrO5/c1-21(6-13-31(37)38-5)27-11-12-28-32-29(15-17-34(27,28)4)33(3)16-14-26(40-22(2)36)18-24(33)19-30(32)39-20-23-7-9-25(35)10-8-23/h7-10,21,24,26-30,32H,6,11-20H2,1-5H3/t21-,24+,26-,27-,28+,29+,30-,32+,33+,34-/m1/s1. The number of halogens is 1. The highest BCUT2D eigenvalue weighted by molar-refractivity contribution is 9.10. The molecular formula is C34H49BrO5. The minimum atomic E-state index is -0.155. The number of carbonyl (C=O) groups excluding carboxylic acids is 2. The van der Waals surface area contributed by atoms with E-state index in [4.69, 9.17) is 14.2 Å². The summed E-state index contributed by atoms with van der Waals surface area (Å²) in [5.41, 5.74) is 1.77. The van der Waals surface area contributed by atoms with E-state index in [-0.39, 0.29) is 35.0 Å². The lowest BCUT2D eigenvalue weighted by molar-refractivity contribution is -0.195. The lowest BCUT2D eigenvalue weighted by atomic mass is 9.43. The molecule has 0 N–H and O–H groups in total. The van der Waals surface area contributed by atoms with Crippen LogP contribution in [0.4, 0.5) is 0 Å². The van der Waals surface area contributed by atoms with Crippen LogP contribution in [0, 0.1) is 46.3 Å². The highest BCUT2D eigenvalue weighted by Gasteiger charge is 2.63. The number of fused-ring (bicyclic) bond motifs is 5. The van der Waals surface area contributed by atoms with Crippen LogP contribution >= 0.6 is 15.9 Å². The van der Waals surface area contributed by atoms with Crippen molar-refractivity contribution in [2.45, 2.75) is 111 Å². The number of hydrogen-bond donors (Lipinski definition) is 0. The van der Waals surface area contributed by atoms with Crippen molar-refractivity contribution in [2.75, 3.05) is 7.11 Å². The van der Waals surface area contributed by atoms with E-state index in [9.17, 15) is 9.59 Å². The first-order valence-corrected chi connectivity index (χ1v) is 16.4. The van der Waals surface area contributed by atoms with E-state index in [0.29, 0.717) is 48.5 Å². The van der Waals surface area contributed by atoms with Crippen molar-refractivity contribution in [3.8, 4) is 0 Å². The Bertz CT molecular complexity index is 1060. The first kappa shape index (κ1) is 30.1. The van der Waals surface area contributed by atoms with Crippen LogP contribution in [0.1, 0.15) is 97.5 Å². The second-order valence-electron chi connectivity index (χ2n) is 14.0. The molecule has 0 heterocycles. The monoisotopic (exact) mass is 616 g/mol. The zero-order valence-electron chi connectivity index (χ0n) is 25.1. The molecule has 4 aliphatic rings. The minimum Gasteiger partial charge on any atom is -0.469 e. The third kappa shape index (κ3) is 5.78. The molecule has 6 heteroatoms. The van der Waals surface area contributed by atoms with Gasteiger partial charge in [0.15, 0.2) is 0 Å². The molecule has 0 unspecified atom stereocenters. The number of benzene rings is 1. The van der Waals surface area contributed by atoms with Gasteiger partial charge in [0.05, 0.1) is 19.8 Å². The van der Waals surface area contributed by atoms with Crippen LogP contribution in [0.25, 0.3) is 0 Å². The molecule has 0 amide bonds. The summed E-state index contributed by atoms with van der Waals surface area (Å²) < 4.78 is 18.7. The first-order chi connectivity index (χ1) is 19.0. The summed E-state index contributed by atoms with van der Waals surface area (Å²) in [5.74, 6) is 3.27. The van der Waals surface area contributed by atoms with Crippen molar-refractivity contribution in [1.82, 2.24) is 0 Å². The predicted octanol–water partition coefficient (Wildman–Crippen LogP) is 8.12. The van der Waals surface area contributed by atoms with Gasteiger partial charge in [0.1, 0.15) is 6.10 Å². The number of ether oxygens (including phenoxy) is 3. The van der Waals surface area contributed by atoms with E-state index >= 15 is 0 Å². The zero-order valence-corrected chi connectivity index (χ0v) is 26.7. The van der Waals surface area contributed by atoms with E-state index in [1.807, 2.05) is 0 Å². The van der Waals surface area contributed by atoms with E-state index < -0.39 is 0 Å². The van der Waals surface area contributed by atoms with Gasteiger partial charge in [-0.05, 0) is 122 Å². The SMILES string of the molecule is COC(=O)CC[C@@H](C)[C@H]1CC[C@H]2[C@@H]3[C@H](OCc4ccc(Br)cc4)C[C@@H]4C[C@H](OC(C)=O)CC[C@]4(C)[C@H]3CC[C@]12C. The second kappa shape index (κ2) is 12.1. The van der Waals surface area contributed by atoms with Gasteiger partial charge in [-0.3, -0.25) is 9.59 Å². The second-order valence-corrected chi connectivity index (χ2v) is 14.9. The molecule has 0 spiro atoms. The molecule has 0 bridgehead atoms. The Labute approximate surface area is 249 Å². The fraction of sp³-hybridized carbons (Fsp3) is 0.765. The van der Waals surface area contributed by atoms with Crippen molar-refractivity contribution >= 4 is 27.9 Å². The Balaban J connectivity index is 1.39. The van der Waals surface area contributed by atoms with Crippen LogP contribution in [0.15, 0.2) is 28.7 Å². The number of methoxy groups -OCH3 is 1. The van der Waals surface area contributed by atoms with E-state index in [1.165, 1.54) is 38.4 Å². The smallest absolute Gasteiger partial charge is 0.305 e. The lowest BCUT2D eigenvalue weighted by Crippen LogP contribution is -2.59. The molecule has 0 saturated heterocycles. The van der Waals surface area contributed by atoms with Crippen LogP contribution in [0.3, 0.4) is 0 Å². The molecule has 5 nitrogen and oxygen atoms in total. The zero-order chi connectivity index (χ0) is 28.7. The maximum Gasteiger partial charge on any atom is 0.305 e. The summed E-state index contributed by atoms with van der Waals surface area (Å²) in [4.78, 5) is 23.7.